The molecule has 0 bridgehead atoms. The minimum Gasteiger partial charge on any atom is -0.378 e. The average molecular weight is 285 g/mol. The van der Waals surface area contributed by atoms with Gasteiger partial charge < -0.3 is 15.4 Å². The van der Waals surface area contributed by atoms with Gasteiger partial charge in [0.1, 0.15) is 0 Å². The number of ether oxygens (including phenoxy) is 1. The molecule has 0 amide bonds. The van der Waals surface area contributed by atoms with Crippen molar-refractivity contribution in [1.82, 2.24) is 9.80 Å². The highest BCUT2D eigenvalue weighted by atomic mass is 16.5. The van der Waals surface area contributed by atoms with Crippen molar-refractivity contribution in [3.05, 3.63) is 0 Å². The van der Waals surface area contributed by atoms with Crippen molar-refractivity contribution < 1.29 is 4.74 Å². The molecule has 3 unspecified atom stereocenters. The summed E-state index contributed by atoms with van der Waals surface area (Å²) < 4.78 is 5.94. The SMILES string of the molecule is CCCC1CC(CN)(N(CC)C(C)CN(C)C)CCO1. The van der Waals surface area contributed by atoms with Gasteiger partial charge in [-0.2, -0.15) is 0 Å². The molecule has 4 nitrogen and oxygen atoms in total. The van der Waals surface area contributed by atoms with Crippen LogP contribution in [0.1, 0.15) is 46.5 Å². The highest BCUT2D eigenvalue weighted by Crippen LogP contribution is 2.33. The van der Waals surface area contributed by atoms with E-state index >= 15 is 0 Å². The van der Waals surface area contributed by atoms with E-state index in [4.69, 9.17) is 10.5 Å². The Kier molecular flexibility index (Phi) is 7.45. The number of nitrogens with zero attached hydrogens (tertiary/aromatic N) is 2. The lowest BCUT2D eigenvalue weighted by Gasteiger charge is -2.50. The van der Waals surface area contributed by atoms with Crippen LogP contribution in [0.4, 0.5) is 0 Å². The summed E-state index contributed by atoms with van der Waals surface area (Å²) in [6, 6.07) is 0.527. The van der Waals surface area contributed by atoms with Gasteiger partial charge in [-0.1, -0.05) is 20.3 Å². The lowest BCUT2D eigenvalue weighted by molar-refractivity contribution is -0.0847. The van der Waals surface area contributed by atoms with Crippen molar-refractivity contribution in [2.24, 2.45) is 5.73 Å². The van der Waals surface area contributed by atoms with Crippen LogP contribution in [0.2, 0.25) is 0 Å². The van der Waals surface area contributed by atoms with Crippen LogP contribution in [0.5, 0.6) is 0 Å². The third-order valence-corrected chi connectivity index (χ3v) is 4.63. The van der Waals surface area contributed by atoms with Gasteiger partial charge in [0.25, 0.3) is 0 Å². The summed E-state index contributed by atoms with van der Waals surface area (Å²) >= 11 is 0. The molecule has 0 aromatic carbocycles. The number of hydrogen-bond acceptors (Lipinski definition) is 4. The van der Waals surface area contributed by atoms with E-state index in [0.29, 0.717) is 12.1 Å². The Morgan fingerprint density at radius 2 is 2.05 bits per heavy atom. The van der Waals surface area contributed by atoms with Crippen LogP contribution in [0.15, 0.2) is 0 Å². The summed E-state index contributed by atoms with van der Waals surface area (Å²) in [7, 11) is 4.28. The lowest BCUT2D eigenvalue weighted by Crippen LogP contribution is -2.62. The van der Waals surface area contributed by atoms with Gasteiger partial charge in [0.05, 0.1) is 6.10 Å². The Bertz CT molecular complexity index is 270. The molecule has 0 aromatic rings. The molecule has 2 N–H and O–H groups in total. The van der Waals surface area contributed by atoms with Crippen molar-refractivity contribution in [1.29, 1.82) is 0 Å². The van der Waals surface area contributed by atoms with Crippen molar-refractivity contribution in [2.45, 2.75) is 64.1 Å². The minimum absolute atomic E-state index is 0.127. The quantitative estimate of drug-likeness (QED) is 0.740. The minimum atomic E-state index is 0.127. The van der Waals surface area contributed by atoms with Crippen LogP contribution >= 0.6 is 0 Å². The first-order chi connectivity index (χ1) is 9.49. The second-order valence-electron chi connectivity index (χ2n) is 6.56. The molecule has 1 aliphatic rings. The van der Waals surface area contributed by atoms with Crippen molar-refractivity contribution in [3.8, 4) is 0 Å². The first-order valence-electron chi connectivity index (χ1n) is 8.22. The van der Waals surface area contributed by atoms with Gasteiger partial charge >= 0.3 is 0 Å². The molecule has 1 rings (SSSR count). The van der Waals surface area contributed by atoms with Crippen LogP contribution in [-0.4, -0.2) is 67.8 Å². The van der Waals surface area contributed by atoms with Crippen LogP contribution in [0.3, 0.4) is 0 Å². The average Bonchev–Trinajstić information content (AvgIpc) is 2.39. The highest BCUT2D eigenvalue weighted by Gasteiger charge is 2.41. The largest absolute Gasteiger partial charge is 0.378 e. The standard InChI is InChI=1S/C16H35N3O/c1-6-8-15-11-16(13-17,9-10-20-15)19(7-2)14(3)12-18(4)5/h14-15H,6-13,17H2,1-5H3. The normalized spacial score (nSPS) is 29.1. The zero-order valence-corrected chi connectivity index (χ0v) is 14.2. The first kappa shape index (κ1) is 17.9. The molecule has 0 aliphatic carbocycles. The van der Waals surface area contributed by atoms with Crippen molar-refractivity contribution in [2.75, 3.05) is 40.3 Å². The van der Waals surface area contributed by atoms with Crippen LogP contribution in [0.25, 0.3) is 0 Å². The topological polar surface area (TPSA) is 41.7 Å². The molecule has 20 heavy (non-hydrogen) atoms. The molecule has 0 saturated carbocycles. The van der Waals surface area contributed by atoms with Crippen molar-refractivity contribution >= 4 is 0 Å². The maximum atomic E-state index is 6.23. The third kappa shape index (κ3) is 4.42. The predicted molar refractivity (Wildman–Crippen MR) is 86.1 cm³/mol. The maximum absolute atomic E-state index is 6.23. The molecular formula is C16H35N3O. The van der Waals surface area contributed by atoms with Crippen LogP contribution in [-0.2, 0) is 4.74 Å². The molecule has 0 spiro atoms. The fourth-order valence-electron chi connectivity index (χ4n) is 3.81. The first-order valence-corrected chi connectivity index (χ1v) is 8.22. The maximum Gasteiger partial charge on any atom is 0.0593 e. The number of hydrogen-bond donors (Lipinski definition) is 1. The Morgan fingerprint density at radius 3 is 2.55 bits per heavy atom. The summed E-state index contributed by atoms with van der Waals surface area (Å²) in [6.45, 7) is 10.5. The molecule has 1 saturated heterocycles. The van der Waals surface area contributed by atoms with Crippen molar-refractivity contribution in [3.63, 3.8) is 0 Å². The van der Waals surface area contributed by atoms with E-state index in [1.807, 2.05) is 0 Å². The Balaban J connectivity index is 2.82. The Hall–Kier alpha value is -0.160. The monoisotopic (exact) mass is 285 g/mol. The summed E-state index contributed by atoms with van der Waals surface area (Å²) in [6.07, 6.45) is 4.88. The Labute approximate surface area is 125 Å². The molecule has 1 fully saturated rings. The zero-order chi connectivity index (χ0) is 15.2. The summed E-state index contributed by atoms with van der Waals surface area (Å²) in [5.41, 5.74) is 6.36. The fraction of sp³-hybridized carbons (Fsp3) is 1.00. The number of rotatable bonds is 8. The van der Waals surface area contributed by atoms with E-state index in [9.17, 15) is 0 Å². The molecule has 1 heterocycles. The molecule has 120 valence electrons. The number of nitrogens with two attached hydrogens (primary N) is 1. The molecule has 3 atom stereocenters. The van der Waals surface area contributed by atoms with E-state index in [0.717, 1.165) is 45.5 Å². The zero-order valence-electron chi connectivity index (χ0n) is 14.2. The van der Waals surface area contributed by atoms with Crippen LogP contribution in [0, 0.1) is 0 Å². The summed E-state index contributed by atoms with van der Waals surface area (Å²) in [4.78, 5) is 4.89. The van der Waals surface area contributed by atoms with Gasteiger partial charge in [-0.05, 0) is 46.8 Å². The van der Waals surface area contributed by atoms with E-state index in [1.54, 1.807) is 0 Å². The van der Waals surface area contributed by atoms with Gasteiger partial charge in [0.2, 0.25) is 0 Å². The van der Waals surface area contributed by atoms with E-state index in [2.05, 4.69) is 44.7 Å². The van der Waals surface area contributed by atoms with Gasteiger partial charge in [-0.3, -0.25) is 4.90 Å². The third-order valence-electron chi connectivity index (χ3n) is 4.63. The highest BCUT2D eigenvalue weighted by molar-refractivity contribution is 4.98. The summed E-state index contributed by atoms with van der Waals surface area (Å²) in [5.74, 6) is 0. The molecule has 0 aromatic heterocycles. The summed E-state index contributed by atoms with van der Waals surface area (Å²) in [5, 5.41) is 0. The van der Waals surface area contributed by atoms with E-state index < -0.39 is 0 Å². The smallest absolute Gasteiger partial charge is 0.0593 e. The van der Waals surface area contributed by atoms with E-state index in [1.165, 1.54) is 6.42 Å². The molecule has 0 radical (unpaired) electrons. The second-order valence-corrected chi connectivity index (χ2v) is 6.56. The molecule has 1 aliphatic heterocycles. The van der Waals surface area contributed by atoms with Gasteiger partial charge in [-0.25, -0.2) is 0 Å². The molecule has 4 heteroatoms. The number of likely N-dealkylation sites (N-methyl/N-ethyl adjacent to an activating group) is 2. The fourth-order valence-corrected chi connectivity index (χ4v) is 3.81. The van der Waals surface area contributed by atoms with Gasteiger partial charge in [-0.15, -0.1) is 0 Å². The Morgan fingerprint density at radius 1 is 1.35 bits per heavy atom. The lowest BCUT2D eigenvalue weighted by atomic mass is 9.82. The second kappa shape index (κ2) is 8.32. The molecular weight excluding hydrogens is 250 g/mol. The van der Waals surface area contributed by atoms with E-state index in [-0.39, 0.29) is 5.54 Å². The van der Waals surface area contributed by atoms with Gasteiger partial charge in [0.15, 0.2) is 0 Å². The van der Waals surface area contributed by atoms with Crippen LogP contribution < -0.4 is 5.73 Å². The predicted octanol–water partition coefficient (Wildman–Crippen LogP) is 1.94. The van der Waals surface area contributed by atoms with Gasteiger partial charge in [0, 0.05) is 31.3 Å².